The average molecular weight is 233 g/mol. The molecule has 1 aliphatic heterocycles. The highest BCUT2D eigenvalue weighted by molar-refractivity contribution is 7.84. The van der Waals surface area contributed by atoms with E-state index < -0.39 is 10.8 Å². The quantitative estimate of drug-likeness (QED) is 0.549. The number of hydrogen-bond donors (Lipinski definition) is 3. The van der Waals surface area contributed by atoms with E-state index >= 15 is 0 Å². The largest absolute Gasteiger partial charge is 0.351 e. The summed E-state index contributed by atoms with van der Waals surface area (Å²) in [6.07, 6.45) is 1.64. The van der Waals surface area contributed by atoms with Crippen LogP contribution in [0.5, 0.6) is 0 Å². The minimum Gasteiger partial charge on any atom is -0.351 e. The van der Waals surface area contributed by atoms with Gasteiger partial charge in [0, 0.05) is 48.5 Å². The monoisotopic (exact) mass is 233 g/mol. The molecule has 1 rings (SSSR count). The van der Waals surface area contributed by atoms with Crippen LogP contribution in [0.1, 0.15) is 6.92 Å². The fraction of sp³-hybridized carbons (Fsp3) is 0.889. The molecule has 0 radical (unpaired) electrons. The first kappa shape index (κ1) is 12.6. The van der Waals surface area contributed by atoms with Gasteiger partial charge in [0.1, 0.15) is 0 Å². The summed E-state index contributed by atoms with van der Waals surface area (Å²) in [5, 5.41) is 9.12. The summed E-state index contributed by atoms with van der Waals surface area (Å²) in [7, 11) is -0.868. The summed E-state index contributed by atoms with van der Waals surface area (Å²) in [5.74, 6) is 0.492. The Labute approximate surface area is 92.8 Å². The molecule has 0 aromatic rings. The van der Waals surface area contributed by atoms with E-state index in [1.54, 1.807) is 6.26 Å². The van der Waals surface area contributed by atoms with Gasteiger partial charge >= 0.3 is 0 Å². The number of nitrogens with one attached hydrogen (secondary N) is 3. The van der Waals surface area contributed by atoms with Crippen molar-refractivity contribution < 1.29 is 9.00 Å². The van der Waals surface area contributed by atoms with E-state index in [-0.39, 0.29) is 18.0 Å². The van der Waals surface area contributed by atoms with Gasteiger partial charge in [-0.05, 0) is 6.92 Å². The lowest BCUT2D eigenvalue weighted by molar-refractivity contribution is -0.123. The molecule has 1 heterocycles. The molecule has 1 saturated heterocycles. The van der Waals surface area contributed by atoms with Crippen LogP contribution in [-0.4, -0.2) is 53.8 Å². The second-order valence-electron chi connectivity index (χ2n) is 3.86. The first-order chi connectivity index (χ1) is 7.09. The van der Waals surface area contributed by atoms with Gasteiger partial charge in [-0.15, -0.1) is 0 Å². The molecule has 6 heteroatoms. The van der Waals surface area contributed by atoms with Crippen LogP contribution in [-0.2, 0) is 15.6 Å². The molecule has 1 fully saturated rings. The predicted molar refractivity (Wildman–Crippen MR) is 61.2 cm³/mol. The zero-order chi connectivity index (χ0) is 11.3. The Balaban J connectivity index is 2.30. The van der Waals surface area contributed by atoms with E-state index in [4.69, 9.17) is 0 Å². The van der Waals surface area contributed by atoms with Gasteiger partial charge in [-0.25, -0.2) is 0 Å². The number of carbonyl (C=O) groups excluding carboxylic acids is 1. The Bertz CT molecular complexity index is 242. The Morgan fingerprint density at radius 2 is 2.33 bits per heavy atom. The van der Waals surface area contributed by atoms with Crippen molar-refractivity contribution in [3.8, 4) is 0 Å². The van der Waals surface area contributed by atoms with Crippen LogP contribution in [0.2, 0.25) is 0 Å². The minimum atomic E-state index is -0.868. The average Bonchev–Trinajstić information content (AvgIpc) is 2.17. The summed E-state index contributed by atoms with van der Waals surface area (Å²) < 4.78 is 10.9. The van der Waals surface area contributed by atoms with Gasteiger partial charge in [0.2, 0.25) is 5.91 Å². The highest BCUT2D eigenvalue weighted by Crippen LogP contribution is 1.91. The number of hydrogen-bond acceptors (Lipinski definition) is 4. The molecule has 0 aromatic carbocycles. The van der Waals surface area contributed by atoms with E-state index in [2.05, 4.69) is 16.0 Å². The summed E-state index contributed by atoms with van der Waals surface area (Å²) in [6.45, 7) is 4.24. The van der Waals surface area contributed by atoms with Gasteiger partial charge in [-0.1, -0.05) is 0 Å². The Hall–Kier alpha value is -0.460. The molecule has 5 nitrogen and oxygen atoms in total. The molecule has 88 valence electrons. The van der Waals surface area contributed by atoms with Crippen molar-refractivity contribution in [2.45, 2.75) is 19.0 Å². The summed E-state index contributed by atoms with van der Waals surface area (Å²) in [5.41, 5.74) is 0. The molecule has 3 atom stereocenters. The second kappa shape index (κ2) is 6.19. The number of rotatable bonds is 4. The molecule has 0 bridgehead atoms. The van der Waals surface area contributed by atoms with Crippen molar-refractivity contribution >= 4 is 16.7 Å². The fourth-order valence-electron chi connectivity index (χ4n) is 1.58. The van der Waals surface area contributed by atoms with Crippen LogP contribution in [0.4, 0.5) is 0 Å². The third-order valence-corrected chi connectivity index (χ3v) is 3.20. The Kier molecular flexibility index (Phi) is 5.21. The van der Waals surface area contributed by atoms with Gasteiger partial charge in [0.25, 0.3) is 0 Å². The van der Waals surface area contributed by atoms with Crippen LogP contribution in [0.25, 0.3) is 0 Å². The lowest BCUT2D eigenvalue weighted by atomic mass is 10.2. The number of piperazine rings is 1. The molecular weight excluding hydrogens is 214 g/mol. The van der Waals surface area contributed by atoms with Gasteiger partial charge in [0.15, 0.2) is 0 Å². The predicted octanol–water partition coefficient (Wildman–Crippen LogP) is -1.57. The molecule has 1 amide bonds. The highest BCUT2D eigenvalue weighted by atomic mass is 32.2. The zero-order valence-corrected chi connectivity index (χ0v) is 10.0. The SMILES string of the molecule is CC(CS(C)=O)NC(=O)C1CNCCN1. The van der Waals surface area contributed by atoms with Crippen molar-refractivity contribution in [2.75, 3.05) is 31.6 Å². The summed E-state index contributed by atoms with van der Waals surface area (Å²) >= 11 is 0. The van der Waals surface area contributed by atoms with Crippen LogP contribution in [0, 0.1) is 0 Å². The molecule has 3 N–H and O–H groups in total. The van der Waals surface area contributed by atoms with Gasteiger partial charge in [-0.3, -0.25) is 9.00 Å². The Morgan fingerprint density at radius 1 is 1.60 bits per heavy atom. The van der Waals surface area contributed by atoms with E-state index in [1.165, 1.54) is 0 Å². The van der Waals surface area contributed by atoms with Crippen molar-refractivity contribution in [3.05, 3.63) is 0 Å². The molecular formula is C9H19N3O2S. The highest BCUT2D eigenvalue weighted by Gasteiger charge is 2.21. The molecule has 0 aromatic heterocycles. The van der Waals surface area contributed by atoms with Gasteiger partial charge in [0.05, 0.1) is 6.04 Å². The third kappa shape index (κ3) is 4.72. The third-order valence-electron chi connectivity index (χ3n) is 2.23. The number of amides is 1. The van der Waals surface area contributed by atoms with E-state index in [9.17, 15) is 9.00 Å². The molecule has 0 saturated carbocycles. The van der Waals surface area contributed by atoms with Crippen molar-refractivity contribution in [2.24, 2.45) is 0 Å². The topological polar surface area (TPSA) is 70.2 Å². The zero-order valence-electron chi connectivity index (χ0n) is 9.21. The van der Waals surface area contributed by atoms with E-state index in [1.807, 2.05) is 6.92 Å². The lowest BCUT2D eigenvalue weighted by Gasteiger charge is -2.25. The Morgan fingerprint density at radius 3 is 2.87 bits per heavy atom. The van der Waals surface area contributed by atoms with Crippen LogP contribution in [0.15, 0.2) is 0 Å². The van der Waals surface area contributed by atoms with Crippen LogP contribution < -0.4 is 16.0 Å². The van der Waals surface area contributed by atoms with E-state index in [0.717, 1.165) is 13.1 Å². The standard InChI is InChI=1S/C9H19N3O2S/c1-7(6-15(2)14)12-9(13)8-5-10-3-4-11-8/h7-8,10-11H,3-6H2,1-2H3,(H,12,13). The first-order valence-corrected chi connectivity index (χ1v) is 6.87. The molecule has 15 heavy (non-hydrogen) atoms. The lowest BCUT2D eigenvalue weighted by Crippen LogP contribution is -2.57. The minimum absolute atomic E-state index is 0.0137. The molecule has 1 aliphatic rings. The smallest absolute Gasteiger partial charge is 0.238 e. The first-order valence-electron chi connectivity index (χ1n) is 5.14. The van der Waals surface area contributed by atoms with Crippen LogP contribution >= 0.6 is 0 Å². The van der Waals surface area contributed by atoms with Crippen molar-refractivity contribution in [1.82, 2.24) is 16.0 Å². The normalized spacial score (nSPS) is 25.6. The second-order valence-corrected chi connectivity index (χ2v) is 5.34. The van der Waals surface area contributed by atoms with Crippen molar-refractivity contribution in [1.29, 1.82) is 0 Å². The fourth-order valence-corrected chi connectivity index (χ4v) is 2.36. The number of carbonyl (C=O) groups is 1. The molecule has 0 spiro atoms. The summed E-state index contributed by atoms with van der Waals surface area (Å²) in [6, 6.07) is -0.196. The maximum Gasteiger partial charge on any atom is 0.238 e. The molecule has 3 unspecified atom stereocenters. The van der Waals surface area contributed by atoms with Crippen LogP contribution in [0.3, 0.4) is 0 Å². The maximum absolute atomic E-state index is 11.7. The van der Waals surface area contributed by atoms with Gasteiger partial charge < -0.3 is 16.0 Å². The van der Waals surface area contributed by atoms with E-state index in [0.29, 0.717) is 12.3 Å². The maximum atomic E-state index is 11.7. The summed E-state index contributed by atoms with van der Waals surface area (Å²) in [4.78, 5) is 11.7. The molecule has 0 aliphatic carbocycles. The van der Waals surface area contributed by atoms with Crippen molar-refractivity contribution in [3.63, 3.8) is 0 Å². The van der Waals surface area contributed by atoms with Gasteiger partial charge in [-0.2, -0.15) is 0 Å².